The van der Waals surface area contributed by atoms with Gasteiger partial charge in [0.25, 0.3) is 0 Å². The summed E-state index contributed by atoms with van der Waals surface area (Å²) in [6.07, 6.45) is 2.05. The molecule has 0 nitrogen and oxygen atoms in total. The van der Waals surface area contributed by atoms with Crippen LogP contribution < -0.4 is 0 Å². The lowest BCUT2D eigenvalue weighted by Gasteiger charge is -2.27. The molecule has 0 bridgehead atoms. The molecule has 2 unspecified atom stereocenters. The predicted molar refractivity (Wildman–Crippen MR) is 283 cm³/mol. The molecule has 2 aliphatic carbocycles. The van der Waals surface area contributed by atoms with E-state index in [1.807, 2.05) is 0 Å². The summed E-state index contributed by atoms with van der Waals surface area (Å²) in [4.78, 5) is 0. The Morgan fingerprint density at radius 1 is 0.258 bits per heavy atom. The second-order valence-corrected chi connectivity index (χ2v) is 19.2. The fourth-order valence-corrected chi connectivity index (χ4v) is 12.5. The van der Waals surface area contributed by atoms with Crippen molar-refractivity contribution in [2.24, 2.45) is 0 Å². The Kier molecular flexibility index (Phi) is 8.53. The number of fused-ring (bicyclic) bond motifs is 10. The van der Waals surface area contributed by atoms with E-state index in [2.05, 4.69) is 234 Å². The van der Waals surface area contributed by atoms with E-state index in [1.165, 1.54) is 132 Å². The molecule has 66 heavy (non-hydrogen) atoms. The summed E-state index contributed by atoms with van der Waals surface area (Å²) in [7, 11) is 0. The first kappa shape index (κ1) is 38.9. The van der Waals surface area contributed by atoms with Crippen LogP contribution in [0.25, 0.3) is 110 Å². The molecule has 13 rings (SSSR count). The van der Waals surface area contributed by atoms with Gasteiger partial charge >= 0.3 is 0 Å². The molecule has 11 aromatic carbocycles. The number of hydrogen-bond acceptors (Lipinski definition) is 0. The van der Waals surface area contributed by atoms with Crippen LogP contribution >= 0.6 is 0 Å². The highest BCUT2D eigenvalue weighted by atomic mass is 14.4. The Bertz CT molecular complexity index is 3700. The lowest BCUT2D eigenvalue weighted by Crippen LogP contribution is -2.19. The van der Waals surface area contributed by atoms with Crippen molar-refractivity contribution >= 4 is 43.1 Å². The van der Waals surface area contributed by atoms with Crippen LogP contribution in [0.1, 0.15) is 62.8 Å². The van der Waals surface area contributed by atoms with Gasteiger partial charge in [0.2, 0.25) is 0 Å². The highest BCUT2D eigenvalue weighted by molar-refractivity contribution is 6.23. The van der Waals surface area contributed by atoms with Gasteiger partial charge in [0, 0.05) is 10.8 Å². The Hall–Kier alpha value is -7.54. The van der Waals surface area contributed by atoms with Crippen LogP contribution in [0, 0.1) is 0 Å². The van der Waals surface area contributed by atoms with Gasteiger partial charge < -0.3 is 0 Å². The average molecular weight is 843 g/mol. The molecule has 2 atom stereocenters. The molecule has 2 aliphatic rings. The lowest BCUT2D eigenvalue weighted by molar-refractivity contribution is 0.565. The normalized spacial score (nSPS) is 17.0. The van der Waals surface area contributed by atoms with E-state index in [0.717, 1.165) is 12.8 Å². The molecule has 0 heteroatoms. The largest absolute Gasteiger partial charge is 0.0642 e. The smallest absolute Gasteiger partial charge is 0.0184 e. The summed E-state index contributed by atoms with van der Waals surface area (Å²) in [5.41, 5.74) is 21.3. The van der Waals surface area contributed by atoms with Gasteiger partial charge in [-0.25, -0.2) is 0 Å². The van der Waals surface area contributed by atoms with Crippen molar-refractivity contribution in [3.8, 4) is 66.8 Å². The number of rotatable bonds is 6. The molecule has 11 aromatic rings. The molecule has 0 fully saturated rings. The van der Waals surface area contributed by atoms with Gasteiger partial charge in [0.15, 0.2) is 0 Å². The molecular weight excluding hydrogens is 793 g/mol. The standard InChI is InChI=1S/C66H50/c1-5-65(3)57-31-19-18-22-45(57)46-35-32-42(38-58(46)65)63-53-27-14-16-29-55(53)64(56-30-17-15-28-54(56)63)44-34-37-48-47-36-33-43(39-59(47)66(4,6-2)60(48)40-44)62-51-25-12-10-23-49(51)61(41-20-8-7-9-21-41)50-24-11-13-26-52(50)62/h7-40H,5-6H2,1-4H3. The minimum atomic E-state index is -0.175. The van der Waals surface area contributed by atoms with Gasteiger partial charge in [-0.1, -0.05) is 216 Å². The molecule has 314 valence electrons. The van der Waals surface area contributed by atoms with Gasteiger partial charge in [0.1, 0.15) is 0 Å². The fourth-order valence-electron chi connectivity index (χ4n) is 12.5. The first-order valence-corrected chi connectivity index (χ1v) is 23.9. The summed E-state index contributed by atoms with van der Waals surface area (Å²) in [6.45, 7) is 9.63. The molecule has 0 aromatic heterocycles. The monoisotopic (exact) mass is 842 g/mol. The Labute approximate surface area is 387 Å². The third-order valence-electron chi connectivity index (χ3n) is 16.1. The Morgan fingerprint density at radius 3 is 0.879 bits per heavy atom. The maximum atomic E-state index is 2.55. The average Bonchev–Trinajstić information content (AvgIpc) is 3.78. The summed E-state index contributed by atoms with van der Waals surface area (Å²) in [6, 6.07) is 78.2. The molecule has 0 spiro atoms. The Balaban J connectivity index is 0.977. The zero-order valence-electron chi connectivity index (χ0n) is 38.0. The van der Waals surface area contributed by atoms with E-state index in [-0.39, 0.29) is 10.8 Å². The molecular formula is C66H50. The SMILES string of the molecule is CCC1(C)c2ccccc2-c2ccc(-c3c4ccccc4c(-c4ccc5c(c4)C(C)(CC)c4cc(-c6c7ccccc7c(-c7ccccc7)c7ccccc67)ccc4-5)c4ccccc34)cc21. The van der Waals surface area contributed by atoms with E-state index in [9.17, 15) is 0 Å². The molecule has 0 saturated heterocycles. The van der Waals surface area contributed by atoms with Crippen molar-refractivity contribution < 1.29 is 0 Å². The van der Waals surface area contributed by atoms with Crippen LogP contribution in [0.4, 0.5) is 0 Å². The van der Waals surface area contributed by atoms with Crippen molar-refractivity contribution in [3.63, 3.8) is 0 Å². The Morgan fingerprint density at radius 2 is 0.530 bits per heavy atom. The number of hydrogen-bond donors (Lipinski definition) is 0. The third-order valence-corrected chi connectivity index (χ3v) is 16.1. The second-order valence-electron chi connectivity index (χ2n) is 19.2. The third kappa shape index (κ3) is 5.33. The van der Waals surface area contributed by atoms with Crippen LogP contribution in [-0.4, -0.2) is 0 Å². The minimum Gasteiger partial charge on any atom is -0.0642 e. The molecule has 0 amide bonds. The second kappa shape index (κ2) is 14.5. The summed E-state index contributed by atoms with van der Waals surface area (Å²) in [5.74, 6) is 0. The maximum Gasteiger partial charge on any atom is 0.0184 e. The van der Waals surface area contributed by atoms with Crippen molar-refractivity contribution in [1.82, 2.24) is 0 Å². The van der Waals surface area contributed by atoms with Crippen LogP contribution in [0.3, 0.4) is 0 Å². The van der Waals surface area contributed by atoms with Crippen LogP contribution in [-0.2, 0) is 10.8 Å². The lowest BCUT2D eigenvalue weighted by atomic mass is 9.76. The fraction of sp³-hybridized carbons (Fsp3) is 0.121. The van der Waals surface area contributed by atoms with Crippen LogP contribution in [0.15, 0.2) is 206 Å². The van der Waals surface area contributed by atoms with E-state index in [0.29, 0.717) is 0 Å². The predicted octanol–water partition coefficient (Wildman–Crippen LogP) is 18.4. The van der Waals surface area contributed by atoms with Crippen molar-refractivity contribution in [1.29, 1.82) is 0 Å². The van der Waals surface area contributed by atoms with E-state index >= 15 is 0 Å². The first-order valence-electron chi connectivity index (χ1n) is 23.9. The molecule has 0 radical (unpaired) electrons. The van der Waals surface area contributed by atoms with Gasteiger partial charge in [-0.3, -0.25) is 0 Å². The van der Waals surface area contributed by atoms with Crippen molar-refractivity contribution in [2.45, 2.75) is 51.4 Å². The quantitative estimate of drug-likeness (QED) is 0.146. The number of benzene rings is 11. The maximum absolute atomic E-state index is 2.55. The molecule has 0 saturated carbocycles. The van der Waals surface area contributed by atoms with Gasteiger partial charge in [0.05, 0.1) is 0 Å². The van der Waals surface area contributed by atoms with Gasteiger partial charge in [-0.2, -0.15) is 0 Å². The molecule has 0 aliphatic heterocycles. The molecule has 0 N–H and O–H groups in total. The summed E-state index contributed by atoms with van der Waals surface area (Å²) in [5, 5.41) is 10.3. The minimum absolute atomic E-state index is 0.0310. The van der Waals surface area contributed by atoms with Crippen LogP contribution in [0.5, 0.6) is 0 Å². The van der Waals surface area contributed by atoms with E-state index in [4.69, 9.17) is 0 Å². The first-order chi connectivity index (χ1) is 32.4. The highest BCUT2D eigenvalue weighted by Crippen LogP contribution is 2.56. The van der Waals surface area contributed by atoms with E-state index < -0.39 is 0 Å². The highest BCUT2D eigenvalue weighted by Gasteiger charge is 2.40. The topological polar surface area (TPSA) is 0 Å². The van der Waals surface area contributed by atoms with Gasteiger partial charge in [-0.05, 0) is 163 Å². The van der Waals surface area contributed by atoms with Crippen molar-refractivity contribution in [3.05, 3.63) is 229 Å². The van der Waals surface area contributed by atoms with E-state index in [1.54, 1.807) is 0 Å². The van der Waals surface area contributed by atoms with Crippen molar-refractivity contribution in [2.75, 3.05) is 0 Å². The summed E-state index contributed by atoms with van der Waals surface area (Å²) < 4.78 is 0. The molecule has 0 heterocycles. The zero-order chi connectivity index (χ0) is 44.3. The van der Waals surface area contributed by atoms with Crippen LogP contribution in [0.2, 0.25) is 0 Å². The van der Waals surface area contributed by atoms with Gasteiger partial charge in [-0.15, -0.1) is 0 Å². The zero-order valence-corrected chi connectivity index (χ0v) is 38.0. The summed E-state index contributed by atoms with van der Waals surface area (Å²) >= 11 is 0.